The van der Waals surface area contributed by atoms with Crippen molar-refractivity contribution in [1.82, 2.24) is 0 Å². The zero-order valence-corrected chi connectivity index (χ0v) is 12.5. The number of nitrogens with zero attached hydrogens (tertiary/aromatic N) is 1. The number of benzene rings is 1. The molecule has 0 amide bonds. The zero-order valence-electron chi connectivity index (χ0n) is 11.0. The molecule has 0 spiro atoms. The van der Waals surface area contributed by atoms with E-state index in [0.29, 0.717) is 17.0 Å². The van der Waals surface area contributed by atoms with Crippen molar-refractivity contribution in [2.75, 3.05) is 5.32 Å². The molecule has 0 heterocycles. The van der Waals surface area contributed by atoms with Crippen LogP contribution in [0.3, 0.4) is 0 Å². The SMILES string of the molecule is CC1(C)CCC(Nc2cccc(Br)c2C#N)CC1. The number of hydrogen-bond donors (Lipinski definition) is 1. The molecule has 0 atom stereocenters. The summed E-state index contributed by atoms with van der Waals surface area (Å²) in [6.07, 6.45) is 4.87. The summed E-state index contributed by atoms with van der Waals surface area (Å²) in [7, 11) is 0. The third kappa shape index (κ3) is 3.05. The molecule has 1 aliphatic carbocycles. The van der Waals surface area contributed by atoms with Gasteiger partial charge >= 0.3 is 0 Å². The van der Waals surface area contributed by atoms with Crippen molar-refractivity contribution >= 4 is 21.6 Å². The number of nitrogens with one attached hydrogen (secondary N) is 1. The van der Waals surface area contributed by atoms with Crippen LogP contribution in [0.5, 0.6) is 0 Å². The van der Waals surface area contributed by atoms with E-state index in [2.05, 4.69) is 41.2 Å². The minimum atomic E-state index is 0.480. The van der Waals surface area contributed by atoms with Gasteiger partial charge in [0, 0.05) is 10.5 Å². The first-order chi connectivity index (χ1) is 8.52. The monoisotopic (exact) mass is 306 g/mol. The number of halogens is 1. The molecule has 18 heavy (non-hydrogen) atoms. The number of anilines is 1. The maximum absolute atomic E-state index is 9.19. The lowest BCUT2D eigenvalue weighted by Gasteiger charge is -2.35. The van der Waals surface area contributed by atoms with Crippen LogP contribution in [0.25, 0.3) is 0 Å². The van der Waals surface area contributed by atoms with E-state index in [4.69, 9.17) is 0 Å². The van der Waals surface area contributed by atoms with Gasteiger partial charge in [0.25, 0.3) is 0 Å². The second kappa shape index (κ2) is 5.32. The van der Waals surface area contributed by atoms with Gasteiger partial charge in [-0.2, -0.15) is 5.26 Å². The summed E-state index contributed by atoms with van der Waals surface area (Å²) in [5.41, 5.74) is 2.15. The molecule has 1 saturated carbocycles. The number of hydrogen-bond acceptors (Lipinski definition) is 2. The highest BCUT2D eigenvalue weighted by molar-refractivity contribution is 9.10. The molecule has 96 valence electrons. The molecule has 0 aromatic heterocycles. The van der Waals surface area contributed by atoms with Crippen molar-refractivity contribution in [3.05, 3.63) is 28.2 Å². The minimum absolute atomic E-state index is 0.480. The largest absolute Gasteiger partial charge is 0.381 e. The van der Waals surface area contributed by atoms with Crippen LogP contribution in [0, 0.1) is 16.7 Å². The van der Waals surface area contributed by atoms with Gasteiger partial charge in [0.05, 0.1) is 11.3 Å². The Hall–Kier alpha value is -1.01. The smallest absolute Gasteiger partial charge is 0.103 e. The van der Waals surface area contributed by atoms with Crippen LogP contribution >= 0.6 is 15.9 Å². The molecule has 0 unspecified atom stereocenters. The summed E-state index contributed by atoms with van der Waals surface area (Å²) in [5, 5.41) is 12.7. The highest BCUT2D eigenvalue weighted by Gasteiger charge is 2.27. The van der Waals surface area contributed by atoms with E-state index in [9.17, 15) is 5.26 Å². The van der Waals surface area contributed by atoms with Crippen LogP contribution in [-0.2, 0) is 0 Å². The van der Waals surface area contributed by atoms with E-state index < -0.39 is 0 Å². The highest BCUT2D eigenvalue weighted by Crippen LogP contribution is 2.36. The Morgan fingerprint density at radius 3 is 2.61 bits per heavy atom. The van der Waals surface area contributed by atoms with Crippen LogP contribution in [0.1, 0.15) is 45.1 Å². The minimum Gasteiger partial charge on any atom is -0.381 e. The Kier molecular flexibility index (Phi) is 3.97. The highest BCUT2D eigenvalue weighted by atomic mass is 79.9. The van der Waals surface area contributed by atoms with E-state index in [0.717, 1.165) is 10.2 Å². The van der Waals surface area contributed by atoms with Crippen LogP contribution in [0.2, 0.25) is 0 Å². The molecule has 1 fully saturated rings. The van der Waals surface area contributed by atoms with Crippen molar-refractivity contribution in [3.63, 3.8) is 0 Å². The molecule has 1 N–H and O–H groups in total. The zero-order chi connectivity index (χ0) is 13.2. The second-order valence-electron chi connectivity index (χ2n) is 5.86. The average Bonchev–Trinajstić information content (AvgIpc) is 2.32. The lowest BCUT2D eigenvalue weighted by Crippen LogP contribution is -2.30. The van der Waals surface area contributed by atoms with Crippen molar-refractivity contribution in [3.8, 4) is 6.07 Å². The fourth-order valence-corrected chi connectivity index (χ4v) is 2.98. The predicted molar refractivity (Wildman–Crippen MR) is 78.5 cm³/mol. The number of nitriles is 1. The van der Waals surface area contributed by atoms with Gasteiger partial charge in [0.15, 0.2) is 0 Å². The third-order valence-electron chi connectivity index (χ3n) is 3.82. The molecule has 1 aliphatic rings. The number of rotatable bonds is 2. The molecule has 2 nitrogen and oxygen atoms in total. The Labute approximate surface area is 118 Å². The summed E-state index contributed by atoms with van der Waals surface area (Å²) >= 11 is 3.43. The van der Waals surface area contributed by atoms with Gasteiger partial charge in [-0.3, -0.25) is 0 Å². The van der Waals surface area contributed by atoms with E-state index in [1.54, 1.807) is 0 Å². The normalized spacial score (nSPS) is 19.2. The Bertz CT molecular complexity index is 464. The quantitative estimate of drug-likeness (QED) is 0.859. The molecular weight excluding hydrogens is 288 g/mol. The first-order valence-corrected chi connectivity index (χ1v) is 7.26. The summed E-state index contributed by atoms with van der Waals surface area (Å²) in [5.74, 6) is 0. The molecule has 2 rings (SSSR count). The van der Waals surface area contributed by atoms with Crippen LogP contribution in [0.4, 0.5) is 5.69 Å². The average molecular weight is 307 g/mol. The molecular formula is C15H19BrN2. The Balaban J connectivity index is 2.07. The lowest BCUT2D eigenvalue weighted by atomic mass is 9.75. The summed E-state index contributed by atoms with van der Waals surface area (Å²) in [6.45, 7) is 4.67. The van der Waals surface area contributed by atoms with Gasteiger partial charge in [-0.05, 0) is 59.2 Å². The molecule has 0 aliphatic heterocycles. The predicted octanol–water partition coefficient (Wildman–Crippen LogP) is 4.70. The van der Waals surface area contributed by atoms with Gasteiger partial charge in [-0.25, -0.2) is 0 Å². The van der Waals surface area contributed by atoms with Crippen LogP contribution in [0.15, 0.2) is 22.7 Å². The molecule has 1 aromatic carbocycles. The summed E-state index contributed by atoms with van der Waals surface area (Å²) < 4.78 is 0.867. The first kappa shape index (κ1) is 13.4. The van der Waals surface area contributed by atoms with Crippen LogP contribution < -0.4 is 5.32 Å². The molecule has 3 heteroatoms. The van der Waals surface area contributed by atoms with Crippen LogP contribution in [-0.4, -0.2) is 6.04 Å². The van der Waals surface area contributed by atoms with Crippen molar-refractivity contribution in [2.24, 2.45) is 5.41 Å². The van der Waals surface area contributed by atoms with E-state index in [1.165, 1.54) is 25.7 Å². The summed E-state index contributed by atoms with van der Waals surface area (Å²) in [4.78, 5) is 0. The fourth-order valence-electron chi connectivity index (χ4n) is 2.52. The van der Waals surface area contributed by atoms with E-state index in [-0.39, 0.29) is 0 Å². The van der Waals surface area contributed by atoms with Crippen molar-refractivity contribution in [1.29, 1.82) is 5.26 Å². The topological polar surface area (TPSA) is 35.8 Å². The van der Waals surface area contributed by atoms with Crippen molar-refractivity contribution < 1.29 is 0 Å². The maximum Gasteiger partial charge on any atom is 0.103 e. The Morgan fingerprint density at radius 2 is 2.00 bits per heavy atom. The molecule has 0 radical (unpaired) electrons. The Morgan fingerprint density at radius 1 is 1.33 bits per heavy atom. The third-order valence-corrected chi connectivity index (χ3v) is 4.49. The molecule has 0 bridgehead atoms. The van der Waals surface area contributed by atoms with E-state index in [1.807, 2.05) is 18.2 Å². The van der Waals surface area contributed by atoms with Crippen molar-refractivity contribution in [2.45, 2.75) is 45.6 Å². The van der Waals surface area contributed by atoms with E-state index >= 15 is 0 Å². The van der Waals surface area contributed by atoms with Gasteiger partial charge in [-0.15, -0.1) is 0 Å². The maximum atomic E-state index is 9.19. The summed E-state index contributed by atoms with van der Waals surface area (Å²) in [6, 6.07) is 8.63. The van der Waals surface area contributed by atoms with Gasteiger partial charge in [0.1, 0.15) is 6.07 Å². The second-order valence-corrected chi connectivity index (χ2v) is 6.71. The van der Waals surface area contributed by atoms with Gasteiger partial charge < -0.3 is 5.32 Å². The molecule has 1 aromatic rings. The fraction of sp³-hybridized carbons (Fsp3) is 0.533. The molecule has 0 saturated heterocycles. The first-order valence-electron chi connectivity index (χ1n) is 6.47. The van der Waals surface area contributed by atoms with Gasteiger partial charge in [0.2, 0.25) is 0 Å². The standard InChI is InChI=1S/C15H19BrN2/c1-15(2)8-6-11(7-9-15)18-14-5-3-4-13(16)12(14)10-17/h3-5,11,18H,6-9H2,1-2H3. The lowest BCUT2D eigenvalue weighted by molar-refractivity contribution is 0.232. The van der Waals surface area contributed by atoms with Gasteiger partial charge in [-0.1, -0.05) is 19.9 Å².